The fraction of sp³-hybridized carbons (Fsp3) is 0.267. The average molecular weight is 275 g/mol. The molecule has 1 aliphatic rings. The van der Waals surface area contributed by atoms with E-state index in [1.165, 1.54) is 12.8 Å². The molecular formula is C15H15ClN2O. The van der Waals surface area contributed by atoms with Gasteiger partial charge in [0.25, 0.3) is 0 Å². The van der Waals surface area contributed by atoms with Crippen LogP contribution < -0.4 is 10.1 Å². The first-order chi connectivity index (χ1) is 9.29. The Kier molecular flexibility index (Phi) is 3.67. The summed E-state index contributed by atoms with van der Waals surface area (Å²) in [5.41, 5.74) is 0.998. The van der Waals surface area contributed by atoms with Crippen molar-refractivity contribution in [2.24, 2.45) is 0 Å². The minimum Gasteiger partial charge on any atom is -0.439 e. The van der Waals surface area contributed by atoms with Crippen LogP contribution in [-0.2, 0) is 6.54 Å². The highest BCUT2D eigenvalue weighted by Gasteiger charge is 2.20. The van der Waals surface area contributed by atoms with E-state index in [-0.39, 0.29) is 0 Å². The number of halogens is 1. The Morgan fingerprint density at radius 1 is 1.16 bits per heavy atom. The molecule has 3 rings (SSSR count). The Labute approximate surface area is 117 Å². The third-order valence-electron chi connectivity index (χ3n) is 2.97. The summed E-state index contributed by atoms with van der Waals surface area (Å²) in [5.74, 6) is 1.35. The maximum absolute atomic E-state index is 5.84. The number of aromatic nitrogens is 1. The second-order valence-electron chi connectivity index (χ2n) is 4.68. The molecule has 0 saturated heterocycles. The number of rotatable bonds is 5. The number of hydrogen-bond donors (Lipinski definition) is 1. The first kappa shape index (κ1) is 12.5. The summed E-state index contributed by atoms with van der Waals surface area (Å²) in [6.07, 6.45) is 2.56. The molecule has 1 aliphatic carbocycles. The molecule has 1 N–H and O–H groups in total. The van der Waals surface area contributed by atoms with Gasteiger partial charge in [-0.2, -0.15) is 0 Å². The van der Waals surface area contributed by atoms with Gasteiger partial charge in [-0.25, -0.2) is 4.98 Å². The normalized spacial score (nSPS) is 14.4. The molecule has 0 aliphatic heterocycles. The summed E-state index contributed by atoms with van der Waals surface area (Å²) < 4.78 is 5.70. The molecule has 1 saturated carbocycles. The number of hydrogen-bond acceptors (Lipinski definition) is 3. The molecule has 3 nitrogen and oxygen atoms in total. The zero-order valence-electron chi connectivity index (χ0n) is 10.5. The van der Waals surface area contributed by atoms with E-state index in [1.807, 2.05) is 30.3 Å². The van der Waals surface area contributed by atoms with E-state index in [4.69, 9.17) is 16.3 Å². The van der Waals surface area contributed by atoms with Crippen molar-refractivity contribution in [3.63, 3.8) is 0 Å². The second kappa shape index (κ2) is 5.59. The molecule has 1 fully saturated rings. The van der Waals surface area contributed by atoms with Gasteiger partial charge in [0.15, 0.2) is 0 Å². The lowest BCUT2D eigenvalue weighted by atomic mass is 10.3. The van der Waals surface area contributed by atoms with Gasteiger partial charge in [-0.05, 0) is 43.2 Å². The first-order valence-corrected chi connectivity index (χ1v) is 6.80. The molecule has 0 spiro atoms. The van der Waals surface area contributed by atoms with E-state index in [2.05, 4.69) is 10.3 Å². The maximum atomic E-state index is 5.84. The summed E-state index contributed by atoms with van der Waals surface area (Å²) in [5, 5.41) is 4.13. The van der Waals surface area contributed by atoms with Crippen LogP contribution >= 0.6 is 11.6 Å². The summed E-state index contributed by atoms with van der Waals surface area (Å²) in [7, 11) is 0. The smallest absolute Gasteiger partial charge is 0.219 e. The largest absolute Gasteiger partial charge is 0.439 e. The average Bonchev–Trinajstić information content (AvgIpc) is 3.24. The third kappa shape index (κ3) is 3.69. The van der Waals surface area contributed by atoms with Gasteiger partial charge in [-0.3, -0.25) is 0 Å². The van der Waals surface area contributed by atoms with E-state index in [9.17, 15) is 0 Å². The molecule has 4 heteroatoms. The lowest BCUT2D eigenvalue weighted by Gasteiger charge is -2.07. The lowest BCUT2D eigenvalue weighted by molar-refractivity contribution is 0.459. The van der Waals surface area contributed by atoms with Crippen LogP contribution in [0, 0.1) is 0 Å². The predicted molar refractivity (Wildman–Crippen MR) is 75.6 cm³/mol. The Bertz CT molecular complexity index is 552. The molecule has 0 bridgehead atoms. The minimum atomic E-state index is 0.609. The summed E-state index contributed by atoms with van der Waals surface area (Å²) in [6.45, 7) is 0.794. The van der Waals surface area contributed by atoms with Crippen molar-refractivity contribution in [2.45, 2.75) is 25.4 Å². The zero-order chi connectivity index (χ0) is 13.1. The van der Waals surface area contributed by atoms with Gasteiger partial charge >= 0.3 is 0 Å². The summed E-state index contributed by atoms with van der Waals surface area (Å²) >= 11 is 5.84. The van der Waals surface area contributed by atoms with Crippen LogP contribution in [0.1, 0.15) is 18.5 Å². The zero-order valence-corrected chi connectivity index (χ0v) is 11.2. The molecule has 0 radical (unpaired) electrons. The van der Waals surface area contributed by atoms with E-state index in [1.54, 1.807) is 12.1 Å². The summed E-state index contributed by atoms with van der Waals surface area (Å²) in [4.78, 5) is 4.47. The van der Waals surface area contributed by atoms with Crippen LogP contribution in [0.3, 0.4) is 0 Å². The molecule has 98 valence electrons. The molecule has 1 heterocycles. The highest BCUT2D eigenvalue weighted by Crippen LogP contribution is 2.22. The number of pyridine rings is 1. The Hall–Kier alpha value is -1.58. The van der Waals surface area contributed by atoms with Crippen molar-refractivity contribution in [1.29, 1.82) is 0 Å². The quantitative estimate of drug-likeness (QED) is 0.901. The van der Waals surface area contributed by atoms with Crippen LogP contribution in [0.25, 0.3) is 0 Å². The van der Waals surface area contributed by atoms with Crippen LogP contribution in [0.4, 0.5) is 0 Å². The number of benzene rings is 1. The molecule has 2 aromatic rings. The highest BCUT2D eigenvalue weighted by molar-refractivity contribution is 6.30. The lowest BCUT2D eigenvalue weighted by Crippen LogP contribution is -2.16. The fourth-order valence-electron chi connectivity index (χ4n) is 1.77. The molecule has 0 amide bonds. The Morgan fingerprint density at radius 2 is 1.95 bits per heavy atom. The number of nitrogens with zero attached hydrogens (tertiary/aromatic N) is 1. The van der Waals surface area contributed by atoms with E-state index >= 15 is 0 Å². The monoisotopic (exact) mass is 274 g/mol. The van der Waals surface area contributed by atoms with Gasteiger partial charge in [-0.15, -0.1) is 0 Å². The topological polar surface area (TPSA) is 34.1 Å². The molecule has 1 aromatic carbocycles. The van der Waals surface area contributed by atoms with Crippen molar-refractivity contribution in [3.05, 3.63) is 53.2 Å². The van der Waals surface area contributed by atoms with Crippen LogP contribution in [0.2, 0.25) is 5.02 Å². The van der Waals surface area contributed by atoms with E-state index in [0.717, 1.165) is 18.0 Å². The van der Waals surface area contributed by atoms with Gasteiger partial charge in [0.2, 0.25) is 5.88 Å². The van der Waals surface area contributed by atoms with E-state index in [0.29, 0.717) is 16.9 Å². The van der Waals surface area contributed by atoms with Crippen LogP contribution in [0.15, 0.2) is 42.5 Å². The first-order valence-electron chi connectivity index (χ1n) is 6.42. The van der Waals surface area contributed by atoms with Crippen LogP contribution in [-0.4, -0.2) is 11.0 Å². The molecule has 0 unspecified atom stereocenters. The van der Waals surface area contributed by atoms with E-state index < -0.39 is 0 Å². The van der Waals surface area contributed by atoms with Crippen molar-refractivity contribution >= 4 is 11.6 Å². The van der Waals surface area contributed by atoms with Crippen LogP contribution in [0.5, 0.6) is 11.6 Å². The van der Waals surface area contributed by atoms with Gasteiger partial charge in [0, 0.05) is 23.7 Å². The SMILES string of the molecule is Clc1ccc(Oc2cccc(CNC3CC3)n2)cc1. The van der Waals surface area contributed by atoms with Gasteiger partial charge in [-0.1, -0.05) is 17.7 Å². The standard InChI is InChI=1S/C15H15ClN2O/c16-11-4-8-14(9-5-11)19-15-3-1-2-13(18-15)10-17-12-6-7-12/h1-5,8-9,12,17H,6-7,10H2. The Balaban J connectivity index is 1.66. The van der Waals surface area contributed by atoms with Crippen molar-refractivity contribution in [2.75, 3.05) is 0 Å². The molecular weight excluding hydrogens is 260 g/mol. The maximum Gasteiger partial charge on any atom is 0.219 e. The van der Waals surface area contributed by atoms with Gasteiger partial charge < -0.3 is 10.1 Å². The van der Waals surface area contributed by atoms with Gasteiger partial charge in [0.1, 0.15) is 5.75 Å². The van der Waals surface area contributed by atoms with Crippen molar-refractivity contribution in [3.8, 4) is 11.6 Å². The predicted octanol–water partition coefficient (Wildman–Crippen LogP) is 3.78. The number of nitrogens with one attached hydrogen (secondary N) is 1. The fourth-order valence-corrected chi connectivity index (χ4v) is 1.90. The number of ether oxygens (including phenoxy) is 1. The molecule has 0 atom stereocenters. The van der Waals surface area contributed by atoms with Crippen molar-refractivity contribution < 1.29 is 4.74 Å². The second-order valence-corrected chi connectivity index (χ2v) is 5.11. The third-order valence-corrected chi connectivity index (χ3v) is 3.22. The molecule has 19 heavy (non-hydrogen) atoms. The van der Waals surface area contributed by atoms with Gasteiger partial charge in [0.05, 0.1) is 5.69 Å². The Morgan fingerprint density at radius 3 is 2.68 bits per heavy atom. The van der Waals surface area contributed by atoms with Crippen molar-refractivity contribution in [1.82, 2.24) is 10.3 Å². The molecule has 1 aromatic heterocycles. The minimum absolute atomic E-state index is 0.609. The highest BCUT2D eigenvalue weighted by atomic mass is 35.5. The summed E-state index contributed by atoms with van der Waals surface area (Å²) in [6, 6.07) is 13.8.